The highest BCUT2D eigenvalue weighted by atomic mass is 19.1. The van der Waals surface area contributed by atoms with Crippen LogP contribution in [-0.4, -0.2) is 23.5 Å². The Morgan fingerprint density at radius 3 is 2.50 bits per heavy atom. The monoisotopic (exact) mass is 251 g/mol. The fraction of sp³-hybridized carbons (Fsp3) is 0.385. The molecule has 96 valence electrons. The molecule has 2 N–H and O–H groups in total. The molecule has 0 saturated heterocycles. The molecule has 0 heterocycles. The van der Waals surface area contributed by atoms with E-state index in [4.69, 9.17) is 5.11 Å². The van der Waals surface area contributed by atoms with Crippen LogP contribution in [0.3, 0.4) is 0 Å². The average molecular weight is 251 g/mol. The molecule has 0 aliphatic heterocycles. The summed E-state index contributed by atoms with van der Waals surface area (Å²) >= 11 is 0. The number of halogens is 1. The molecular weight excluding hydrogens is 237 g/mol. The van der Waals surface area contributed by atoms with Gasteiger partial charge < -0.3 is 10.4 Å². The molecule has 1 fully saturated rings. The highest BCUT2D eigenvalue weighted by molar-refractivity contribution is 5.94. The molecule has 1 aliphatic rings. The molecule has 18 heavy (non-hydrogen) atoms. The Balaban J connectivity index is 2.01. The van der Waals surface area contributed by atoms with Gasteiger partial charge in [0.25, 0.3) is 5.91 Å². The van der Waals surface area contributed by atoms with Crippen molar-refractivity contribution in [3.05, 3.63) is 35.6 Å². The second kappa shape index (κ2) is 4.76. The summed E-state index contributed by atoms with van der Waals surface area (Å²) in [5.41, 5.74) is -0.918. The van der Waals surface area contributed by atoms with Gasteiger partial charge in [0.15, 0.2) is 0 Å². The second-order valence-corrected chi connectivity index (χ2v) is 4.60. The minimum atomic E-state index is -0.900. The SMILES string of the molecule is O=C(NCC1(C(=O)O)CCC1)c1ccccc1F. The number of hydrogen-bond donors (Lipinski definition) is 2. The van der Waals surface area contributed by atoms with E-state index in [9.17, 15) is 14.0 Å². The number of carbonyl (C=O) groups excluding carboxylic acids is 1. The van der Waals surface area contributed by atoms with Crippen LogP contribution >= 0.6 is 0 Å². The summed E-state index contributed by atoms with van der Waals surface area (Å²) < 4.78 is 13.3. The fourth-order valence-electron chi connectivity index (χ4n) is 2.06. The van der Waals surface area contributed by atoms with Crippen LogP contribution in [0.4, 0.5) is 4.39 Å². The molecule has 4 nitrogen and oxygen atoms in total. The van der Waals surface area contributed by atoms with E-state index in [1.807, 2.05) is 0 Å². The molecular formula is C13H14FNO3. The van der Waals surface area contributed by atoms with Crippen molar-refractivity contribution >= 4 is 11.9 Å². The zero-order chi connectivity index (χ0) is 13.2. The van der Waals surface area contributed by atoms with Crippen LogP contribution in [0.25, 0.3) is 0 Å². The quantitative estimate of drug-likeness (QED) is 0.857. The van der Waals surface area contributed by atoms with E-state index in [0.29, 0.717) is 12.8 Å². The molecule has 2 rings (SSSR count). The Bertz CT molecular complexity index is 483. The van der Waals surface area contributed by atoms with E-state index in [1.54, 1.807) is 6.07 Å². The minimum Gasteiger partial charge on any atom is -0.481 e. The Kier molecular flexibility index (Phi) is 3.32. The van der Waals surface area contributed by atoms with Gasteiger partial charge in [-0.3, -0.25) is 9.59 Å². The Hall–Kier alpha value is -1.91. The lowest BCUT2D eigenvalue weighted by Gasteiger charge is -2.37. The summed E-state index contributed by atoms with van der Waals surface area (Å²) in [7, 11) is 0. The largest absolute Gasteiger partial charge is 0.481 e. The number of nitrogens with one attached hydrogen (secondary N) is 1. The first-order valence-corrected chi connectivity index (χ1v) is 5.81. The number of carboxylic acids is 1. The van der Waals surface area contributed by atoms with Gasteiger partial charge >= 0.3 is 5.97 Å². The summed E-state index contributed by atoms with van der Waals surface area (Å²) in [5.74, 6) is -2.07. The minimum absolute atomic E-state index is 0.0511. The number of aliphatic carboxylic acids is 1. The van der Waals surface area contributed by atoms with Crippen LogP contribution in [0.15, 0.2) is 24.3 Å². The second-order valence-electron chi connectivity index (χ2n) is 4.60. The van der Waals surface area contributed by atoms with Crippen LogP contribution in [0.5, 0.6) is 0 Å². The van der Waals surface area contributed by atoms with Crippen molar-refractivity contribution in [3.8, 4) is 0 Å². The van der Waals surface area contributed by atoms with Gasteiger partial charge in [0.05, 0.1) is 11.0 Å². The van der Waals surface area contributed by atoms with Crippen LogP contribution in [0.1, 0.15) is 29.6 Å². The van der Waals surface area contributed by atoms with Gasteiger partial charge in [-0.15, -0.1) is 0 Å². The number of amides is 1. The van der Waals surface area contributed by atoms with Gasteiger partial charge in [0.1, 0.15) is 5.82 Å². The van der Waals surface area contributed by atoms with Gasteiger partial charge in [-0.1, -0.05) is 18.6 Å². The zero-order valence-electron chi connectivity index (χ0n) is 9.78. The van der Waals surface area contributed by atoms with Crippen molar-refractivity contribution in [1.82, 2.24) is 5.32 Å². The summed E-state index contributed by atoms with van der Waals surface area (Å²) in [4.78, 5) is 22.8. The molecule has 0 spiro atoms. The smallest absolute Gasteiger partial charge is 0.311 e. The topological polar surface area (TPSA) is 66.4 Å². The summed E-state index contributed by atoms with van der Waals surface area (Å²) in [6, 6.07) is 5.63. The fourth-order valence-corrected chi connectivity index (χ4v) is 2.06. The zero-order valence-corrected chi connectivity index (χ0v) is 9.78. The van der Waals surface area contributed by atoms with Crippen molar-refractivity contribution in [3.63, 3.8) is 0 Å². The first-order valence-electron chi connectivity index (χ1n) is 5.81. The number of rotatable bonds is 4. The Labute approximate surface area is 104 Å². The number of benzene rings is 1. The maximum absolute atomic E-state index is 13.3. The lowest BCUT2D eigenvalue weighted by Crippen LogP contribution is -2.47. The summed E-state index contributed by atoms with van der Waals surface area (Å²) in [6.07, 6.45) is 1.96. The van der Waals surface area contributed by atoms with E-state index in [2.05, 4.69) is 5.32 Å². The average Bonchev–Trinajstić information content (AvgIpc) is 2.27. The van der Waals surface area contributed by atoms with Crippen molar-refractivity contribution in [2.24, 2.45) is 5.41 Å². The molecule has 1 saturated carbocycles. The normalized spacial score (nSPS) is 16.7. The first kappa shape index (κ1) is 12.5. The molecule has 0 bridgehead atoms. The van der Waals surface area contributed by atoms with Gasteiger partial charge in [-0.25, -0.2) is 4.39 Å². The Morgan fingerprint density at radius 2 is 2.00 bits per heavy atom. The Morgan fingerprint density at radius 1 is 1.33 bits per heavy atom. The van der Waals surface area contributed by atoms with Crippen LogP contribution in [0.2, 0.25) is 0 Å². The van der Waals surface area contributed by atoms with Gasteiger partial charge in [0.2, 0.25) is 0 Å². The van der Waals surface area contributed by atoms with E-state index in [0.717, 1.165) is 6.42 Å². The van der Waals surface area contributed by atoms with Crippen molar-refractivity contribution in [1.29, 1.82) is 0 Å². The van der Waals surface area contributed by atoms with E-state index in [-0.39, 0.29) is 12.1 Å². The first-order chi connectivity index (χ1) is 8.55. The van der Waals surface area contributed by atoms with Crippen LogP contribution < -0.4 is 5.32 Å². The van der Waals surface area contributed by atoms with Gasteiger partial charge in [0, 0.05) is 6.54 Å². The van der Waals surface area contributed by atoms with E-state index < -0.39 is 23.1 Å². The number of carbonyl (C=O) groups is 2. The molecule has 5 heteroatoms. The third-order valence-electron chi connectivity index (χ3n) is 3.47. The third-order valence-corrected chi connectivity index (χ3v) is 3.47. The van der Waals surface area contributed by atoms with Gasteiger partial charge in [-0.05, 0) is 25.0 Å². The third kappa shape index (κ3) is 2.20. The molecule has 1 amide bonds. The molecule has 1 aromatic rings. The maximum atomic E-state index is 13.3. The van der Waals surface area contributed by atoms with Crippen molar-refractivity contribution < 1.29 is 19.1 Å². The van der Waals surface area contributed by atoms with Crippen LogP contribution in [0, 0.1) is 11.2 Å². The lowest BCUT2D eigenvalue weighted by molar-refractivity contribution is -0.153. The molecule has 1 aromatic carbocycles. The van der Waals surface area contributed by atoms with Crippen molar-refractivity contribution in [2.45, 2.75) is 19.3 Å². The molecule has 0 aromatic heterocycles. The van der Waals surface area contributed by atoms with Crippen molar-refractivity contribution in [2.75, 3.05) is 6.54 Å². The highest BCUT2D eigenvalue weighted by Crippen LogP contribution is 2.40. The molecule has 0 atom stereocenters. The summed E-state index contributed by atoms with van der Waals surface area (Å²) in [6.45, 7) is 0.0511. The predicted molar refractivity (Wildman–Crippen MR) is 62.7 cm³/mol. The van der Waals surface area contributed by atoms with E-state index >= 15 is 0 Å². The van der Waals surface area contributed by atoms with E-state index in [1.165, 1.54) is 18.2 Å². The van der Waals surface area contributed by atoms with Crippen LogP contribution in [-0.2, 0) is 4.79 Å². The lowest BCUT2D eigenvalue weighted by atomic mass is 9.69. The number of carboxylic acid groups (broad SMARTS) is 1. The molecule has 1 aliphatic carbocycles. The standard InChI is InChI=1S/C13H14FNO3/c14-10-5-2-1-4-9(10)11(16)15-8-13(12(17)18)6-3-7-13/h1-2,4-5H,3,6-8H2,(H,15,16)(H,17,18). The van der Waals surface area contributed by atoms with Gasteiger partial charge in [-0.2, -0.15) is 0 Å². The summed E-state index contributed by atoms with van der Waals surface area (Å²) in [5, 5.41) is 11.6. The molecule has 0 radical (unpaired) electrons. The molecule has 0 unspecified atom stereocenters. The number of hydrogen-bond acceptors (Lipinski definition) is 2. The maximum Gasteiger partial charge on any atom is 0.311 e. The predicted octanol–water partition coefficient (Wildman–Crippen LogP) is 1.81. The highest BCUT2D eigenvalue weighted by Gasteiger charge is 2.44.